The van der Waals surface area contributed by atoms with Crippen LogP contribution in [0.25, 0.3) is 0 Å². The standard InChI is InChI=1S/C18H24N2O5/c1-5-6-9-25-17(22)15-11(2)20(3)18(23)19-16(15)12-7-8-13(21)14(10-12)24-4/h7-8,10,16,21H,5-6,9H2,1-4H3,(H,19,23). The molecule has 0 saturated heterocycles. The molecule has 0 bridgehead atoms. The van der Waals surface area contributed by atoms with Crippen LogP contribution >= 0.6 is 0 Å². The highest BCUT2D eigenvalue weighted by Crippen LogP contribution is 2.35. The van der Waals surface area contributed by atoms with E-state index in [1.165, 1.54) is 18.1 Å². The molecule has 1 aliphatic heterocycles. The number of hydrogen-bond acceptors (Lipinski definition) is 5. The van der Waals surface area contributed by atoms with Gasteiger partial charge in [-0.25, -0.2) is 9.59 Å². The van der Waals surface area contributed by atoms with E-state index in [-0.39, 0.29) is 17.5 Å². The lowest BCUT2D eigenvalue weighted by atomic mass is 9.94. The number of rotatable bonds is 6. The van der Waals surface area contributed by atoms with Gasteiger partial charge in [-0.1, -0.05) is 19.4 Å². The third-order valence-electron chi connectivity index (χ3n) is 4.24. The summed E-state index contributed by atoms with van der Waals surface area (Å²) in [6, 6.07) is 3.71. The SMILES string of the molecule is CCCCOC(=O)C1=C(C)N(C)C(=O)NC1c1ccc(O)c(OC)c1. The molecule has 2 N–H and O–H groups in total. The van der Waals surface area contributed by atoms with Gasteiger partial charge in [0.25, 0.3) is 0 Å². The number of urea groups is 1. The summed E-state index contributed by atoms with van der Waals surface area (Å²) in [4.78, 5) is 26.2. The van der Waals surface area contributed by atoms with Gasteiger partial charge in [-0.15, -0.1) is 0 Å². The van der Waals surface area contributed by atoms with Gasteiger partial charge in [0.2, 0.25) is 0 Å². The maximum Gasteiger partial charge on any atom is 0.338 e. The summed E-state index contributed by atoms with van der Waals surface area (Å²) >= 11 is 0. The molecule has 2 rings (SSSR count). The van der Waals surface area contributed by atoms with Crippen molar-refractivity contribution in [1.29, 1.82) is 0 Å². The first-order valence-corrected chi connectivity index (χ1v) is 8.19. The number of methoxy groups -OCH3 is 1. The van der Waals surface area contributed by atoms with Gasteiger partial charge >= 0.3 is 12.0 Å². The minimum Gasteiger partial charge on any atom is -0.504 e. The topological polar surface area (TPSA) is 88.1 Å². The van der Waals surface area contributed by atoms with E-state index >= 15 is 0 Å². The van der Waals surface area contributed by atoms with E-state index in [2.05, 4.69) is 5.32 Å². The summed E-state index contributed by atoms with van der Waals surface area (Å²) in [7, 11) is 3.03. The van der Waals surface area contributed by atoms with Crippen molar-refractivity contribution in [2.45, 2.75) is 32.7 Å². The van der Waals surface area contributed by atoms with Crippen LogP contribution in [0.15, 0.2) is 29.5 Å². The van der Waals surface area contributed by atoms with Gasteiger partial charge in [-0.3, -0.25) is 0 Å². The van der Waals surface area contributed by atoms with Crippen molar-refractivity contribution in [2.75, 3.05) is 20.8 Å². The fourth-order valence-corrected chi connectivity index (χ4v) is 2.61. The van der Waals surface area contributed by atoms with E-state index in [1.54, 1.807) is 26.1 Å². The maximum absolute atomic E-state index is 12.6. The highest BCUT2D eigenvalue weighted by atomic mass is 16.5. The van der Waals surface area contributed by atoms with E-state index in [9.17, 15) is 14.7 Å². The van der Waals surface area contributed by atoms with Crippen molar-refractivity contribution in [3.63, 3.8) is 0 Å². The number of hydrogen-bond donors (Lipinski definition) is 2. The molecule has 1 unspecified atom stereocenters. The molecule has 2 amide bonds. The predicted molar refractivity (Wildman–Crippen MR) is 92.3 cm³/mol. The van der Waals surface area contributed by atoms with E-state index in [4.69, 9.17) is 9.47 Å². The molecule has 1 aromatic carbocycles. The second-order valence-electron chi connectivity index (χ2n) is 5.86. The predicted octanol–water partition coefficient (Wildman–Crippen LogP) is 2.71. The molecule has 0 spiro atoms. The van der Waals surface area contributed by atoms with Gasteiger partial charge in [0.05, 0.1) is 25.3 Å². The van der Waals surface area contributed by atoms with Crippen LogP contribution in [0.4, 0.5) is 4.79 Å². The van der Waals surface area contributed by atoms with Crippen molar-refractivity contribution >= 4 is 12.0 Å². The number of phenolic OH excluding ortho intramolecular Hbond substituents is 1. The lowest BCUT2D eigenvalue weighted by molar-refractivity contribution is -0.139. The smallest absolute Gasteiger partial charge is 0.338 e. The van der Waals surface area contributed by atoms with Crippen LogP contribution in [-0.4, -0.2) is 42.8 Å². The van der Waals surface area contributed by atoms with E-state index in [1.807, 2.05) is 6.92 Å². The minimum absolute atomic E-state index is 0.0155. The van der Waals surface area contributed by atoms with Crippen LogP contribution in [0.3, 0.4) is 0 Å². The van der Waals surface area contributed by atoms with Gasteiger partial charge in [0, 0.05) is 12.7 Å². The highest BCUT2D eigenvalue weighted by Gasteiger charge is 2.35. The van der Waals surface area contributed by atoms with Gasteiger partial charge in [0.1, 0.15) is 0 Å². The number of ether oxygens (including phenoxy) is 2. The fourth-order valence-electron chi connectivity index (χ4n) is 2.61. The molecule has 1 aliphatic rings. The fraction of sp³-hybridized carbons (Fsp3) is 0.444. The van der Waals surface area contributed by atoms with Crippen molar-refractivity contribution in [2.24, 2.45) is 0 Å². The summed E-state index contributed by atoms with van der Waals surface area (Å²) in [6.07, 6.45) is 1.69. The Morgan fingerprint density at radius 2 is 2.12 bits per heavy atom. The summed E-state index contributed by atoms with van der Waals surface area (Å²) < 4.78 is 10.5. The van der Waals surface area contributed by atoms with Gasteiger partial charge in [0.15, 0.2) is 11.5 Å². The second kappa shape index (κ2) is 7.92. The molecule has 25 heavy (non-hydrogen) atoms. The number of unbranched alkanes of at least 4 members (excludes halogenated alkanes) is 1. The first kappa shape index (κ1) is 18.6. The summed E-state index contributed by atoms with van der Waals surface area (Å²) in [5.74, 6) is -0.213. The molecule has 0 saturated carbocycles. The molecule has 1 heterocycles. The van der Waals surface area contributed by atoms with Crippen LogP contribution in [-0.2, 0) is 9.53 Å². The van der Waals surface area contributed by atoms with E-state index in [0.29, 0.717) is 23.4 Å². The molecule has 7 nitrogen and oxygen atoms in total. The van der Waals surface area contributed by atoms with E-state index < -0.39 is 12.0 Å². The number of phenols is 1. The number of benzene rings is 1. The monoisotopic (exact) mass is 348 g/mol. The molecular weight excluding hydrogens is 324 g/mol. The average Bonchev–Trinajstić information content (AvgIpc) is 2.60. The zero-order valence-electron chi connectivity index (χ0n) is 15.0. The molecule has 0 aliphatic carbocycles. The lowest BCUT2D eigenvalue weighted by Gasteiger charge is -2.33. The molecule has 7 heteroatoms. The second-order valence-corrected chi connectivity index (χ2v) is 5.86. The van der Waals surface area contributed by atoms with E-state index in [0.717, 1.165) is 12.8 Å². The molecule has 1 aromatic rings. The molecular formula is C18H24N2O5. The number of nitrogens with zero attached hydrogens (tertiary/aromatic N) is 1. The first-order chi connectivity index (χ1) is 11.9. The Hall–Kier alpha value is -2.70. The molecule has 1 atom stereocenters. The molecule has 0 aromatic heterocycles. The third-order valence-corrected chi connectivity index (χ3v) is 4.24. The van der Waals surface area contributed by atoms with Gasteiger partial charge in [-0.05, 0) is 31.0 Å². The Morgan fingerprint density at radius 1 is 1.40 bits per heavy atom. The number of carbonyl (C=O) groups excluding carboxylic acids is 2. The maximum atomic E-state index is 12.6. The number of amides is 2. The van der Waals surface area contributed by atoms with Crippen molar-refractivity contribution in [3.8, 4) is 11.5 Å². The number of allylic oxidation sites excluding steroid dienone is 1. The van der Waals surface area contributed by atoms with Crippen molar-refractivity contribution in [1.82, 2.24) is 10.2 Å². The van der Waals surface area contributed by atoms with Gasteiger partial charge in [-0.2, -0.15) is 0 Å². The van der Waals surface area contributed by atoms with Crippen molar-refractivity contribution in [3.05, 3.63) is 35.0 Å². The summed E-state index contributed by atoms with van der Waals surface area (Å²) in [5, 5.41) is 12.6. The Kier molecular flexibility index (Phi) is 5.90. The minimum atomic E-state index is -0.674. The Morgan fingerprint density at radius 3 is 2.76 bits per heavy atom. The van der Waals surface area contributed by atoms with Crippen LogP contribution in [0, 0.1) is 0 Å². The Labute approximate surface area is 147 Å². The quantitative estimate of drug-likeness (QED) is 0.610. The number of esters is 1. The Bertz CT molecular complexity index is 699. The Balaban J connectivity index is 2.42. The number of carbonyl (C=O) groups is 2. The lowest BCUT2D eigenvalue weighted by Crippen LogP contribution is -2.46. The third kappa shape index (κ3) is 3.87. The average molecular weight is 348 g/mol. The summed E-state index contributed by atoms with van der Waals surface area (Å²) in [6.45, 7) is 4.05. The number of nitrogens with one attached hydrogen (secondary N) is 1. The highest BCUT2D eigenvalue weighted by molar-refractivity contribution is 5.95. The van der Waals surface area contributed by atoms with Crippen molar-refractivity contribution < 1.29 is 24.2 Å². The molecule has 0 radical (unpaired) electrons. The molecule has 0 fully saturated rings. The largest absolute Gasteiger partial charge is 0.504 e. The zero-order chi connectivity index (χ0) is 18.6. The van der Waals surface area contributed by atoms with Crippen LogP contribution in [0.2, 0.25) is 0 Å². The zero-order valence-corrected chi connectivity index (χ0v) is 15.0. The number of aromatic hydroxyl groups is 1. The molecule has 136 valence electrons. The van der Waals surface area contributed by atoms with Crippen LogP contribution in [0.1, 0.15) is 38.3 Å². The van der Waals surface area contributed by atoms with Crippen LogP contribution < -0.4 is 10.1 Å². The first-order valence-electron chi connectivity index (χ1n) is 8.19. The normalized spacial score (nSPS) is 17.4. The van der Waals surface area contributed by atoms with Gasteiger partial charge < -0.3 is 24.8 Å². The van der Waals surface area contributed by atoms with Crippen LogP contribution in [0.5, 0.6) is 11.5 Å². The summed E-state index contributed by atoms with van der Waals surface area (Å²) in [5.41, 5.74) is 1.52.